The number of carboxylic acid groups (broad SMARTS) is 1. The number of unbranched alkanes of at least 4 members (excludes halogenated alkanes) is 5. The molecule has 0 aliphatic heterocycles. The van der Waals surface area contributed by atoms with Crippen molar-refractivity contribution in [3.63, 3.8) is 0 Å². The maximum atomic E-state index is 12.0. The average molecular weight is 271 g/mol. The molecule has 0 spiro atoms. The zero-order valence-electron chi connectivity index (χ0n) is 12.7. The lowest BCUT2D eigenvalue weighted by Gasteiger charge is -2.22. The molecule has 1 amide bonds. The molecule has 0 rings (SSSR count). The van der Waals surface area contributed by atoms with Crippen LogP contribution >= 0.6 is 0 Å². The predicted octanol–water partition coefficient (Wildman–Crippen LogP) is 3.31. The van der Waals surface area contributed by atoms with Crippen LogP contribution in [-0.2, 0) is 9.59 Å². The molecule has 0 unspecified atom stereocenters. The van der Waals surface area contributed by atoms with Crippen molar-refractivity contribution in [1.29, 1.82) is 0 Å². The Labute approximate surface area is 117 Å². The highest BCUT2D eigenvalue weighted by Gasteiger charge is 2.17. The highest BCUT2D eigenvalue weighted by molar-refractivity contribution is 5.81. The zero-order chi connectivity index (χ0) is 14.7. The molecule has 0 bridgehead atoms. The van der Waals surface area contributed by atoms with Gasteiger partial charge < -0.3 is 10.0 Å². The molecule has 0 aromatic heterocycles. The summed E-state index contributed by atoms with van der Waals surface area (Å²) < 4.78 is 0. The van der Waals surface area contributed by atoms with Crippen molar-refractivity contribution in [3.05, 3.63) is 0 Å². The van der Waals surface area contributed by atoms with Gasteiger partial charge in [0.15, 0.2) is 0 Å². The quantitative estimate of drug-likeness (QED) is 0.586. The Balaban J connectivity index is 3.93. The number of carbonyl (C=O) groups is 2. The fourth-order valence-corrected chi connectivity index (χ4v) is 2.07. The van der Waals surface area contributed by atoms with Crippen molar-refractivity contribution in [2.75, 3.05) is 13.1 Å². The molecule has 0 saturated heterocycles. The number of carboxylic acids is 1. The molecule has 0 saturated carbocycles. The van der Waals surface area contributed by atoms with E-state index in [0.717, 1.165) is 12.8 Å². The van der Waals surface area contributed by atoms with E-state index >= 15 is 0 Å². The van der Waals surface area contributed by atoms with Gasteiger partial charge in [0.05, 0.1) is 0 Å². The van der Waals surface area contributed by atoms with Gasteiger partial charge in [-0.3, -0.25) is 9.59 Å². The third kappa shape index (κ3) is 10.5. The maximum absolute atomic E-state index is 12.0. The summed E-state index contributed by atoms with van der Waals surface area (Å²) in [4.78, 5) is 24.2. The van der Waals surface area contributed by atoms with Crippen LogP contribution in [0.1, 0.15) is 65.7 Å². The van der Waals surface area contributed by atoms with Gasteiger partial charge in [-0.25, -0.2) is 0 Å². The van der Waals surface area contributed by atoms with E-state index in [1.165, 1.54) is 30.6 Å². The number of hydrogen-bond acceptors (Lipinski definition) is 2. The topological polar surface area (TPSA) is 57.6 Å². The van der Waals surface area contributed by atoms with E-state index in [1.807, 2.05) is 13.8 Å². The van der Waals surface area contributed by atoms with E-state index in [9.17, 15) is 9.59 Å². The monoisotopic (exact) mass is 271 g/mol. The minimum Gasteiger partial charge on any atom is -0.480 e. The fraction of sp³-hybridized carbons (Fsp3) is 0.867. The first kappa shape index (κ1) is 17.9. The van der Waals surface area contributed by atoms with Crippen molar-refractivity contribution >= 4 is 11.9 Å². The van der Waals surface area contributed by atoms with Crippen molar-refractivity contribution in [1.82, 2.24) is 4.90 Å². The molecule has 0 fully saturated rings. The molecule has 19 heavy (non-hydrogen) atoms. The summed E-state index contributed by atoms with van der Waals surface area (Å²) >= 11 is 0. The van der Waals surface area contributed by atoms with Crippen molar-refractivity contribution < 1.29 is 14.7 Å². The minimum atomic E-state index is -0.933. The van der Waals surface area contributed by atoms with Gasteiger partial charge >= 0.3 is 5.97 Å². The first-order valence-electron chi connectivity index (χ1n) is 7.47. The standard InChI is InChI=1S/C15H29NO3/c1-4-5-6-7-8-9-10-14(17)16(11-13(2)3)12-15(18)19/h13H,4-12H2,1-3H3,(H,18,19). The van der Waals surface area contributed by atoms with Gasteiger partial charge in [0.1, 0.15) is 6.54 Å². The highest BCUT2D eigenvalue weighted by Crippen LogP contribution is 2.09. The van der Waals surface area contributed by atoms with Crippen LogP contribution in [0.25, 0.3) is 0 Å². The molecule has 1 N–H and O–H groups in total. The third-order valence-corrected chi connectivity index (χ3v) is 3.01. The smallest absolute Gasteiger partial charge is 0.323 e. The number of hydrogen-bond donors (Lipinski definition) is 1. The number of aliphatic carboxylic acids is 1. The molecule has 0 heterocycles. The molecule has 0 aliphatic rings. The molecule has 112 valence electrons. The van der Waals surface area contributed by atoms with Crippen molar-refractivity contribution in [2.24, 2.45) is 5.92 Å². The number of carbonyl (C=O) groups excluding carboxylic acids is 1. The van der Waals surface area contributed by atoms with Crippen LogP contribution in [0.5, 0.6) is 0 Å². The Kier molecular flexibility index (Phi) is 10.2. The molecule has 0 aromatic carbocycles. The summed E-state index contributed by atoms with van der Waals surface area (Å²) in [5, 5.41) is 8.82. The summed E-state index contributed by atoms with van der Waals surface area (Å²) in [6.07, 6.45) is 7.29. The molecule has 0 atom stereocenters. The molecular formula is C15H29NO3. The second-order valence-electron chi connectivity index (χ2n) is 5.58. The Hall–Kier alpha value is -1.06. The van der Waals surface area contributed by atoms with Gasteiger partial charge in [-0.15, -0.1) is 0 Å². The van der Waals surface area contributed by atoms with Gasteiger partial charge in [-0.1, -0.05) is 52.9 Å². The van der Waals surface area contributed by atoms with E-state index in [2.05, 4.69) is 6.92 Å². The number of amides is 1. The fourth-order valence-electron chi connectivity index (χ4n) is 2.07. The van der Waals surface area contributed by atoms with Gasteiger partial charge in [0.2, 0.25) is 5.91 Å². The first-order chi connectivity index (χ1) is 8.97. The van der Waals surface area contributed by atoms with E-state index in [1.54, 1.807) is 0 Å². The largest absolute Gasteiger partial charge is 0.480 e. The Morgan fingerprint density at radius 3 is 2.16 bits per heavy atom. The Bertz CT molecular complexity index is 264. The van der Waals surface area contributed by atoms with Crippen LogP contribution in [0.3, 0.4) is 0 Å². The third-order valence-electron chi connectivity index (χ3n) is 3.01. The van der Waals surface area contributed by atoms with Crippen LogP contribution in [0.4, 0.5) is 0 Å². The number of rotatable bonds is 11. The van der Waals surface area contributed by atoms with Gasteiger partial charge in [-0.2, -0.15) is 0 Å². The van der Waals surface area contributed by atoms with Crippen LogP contribution < -0.4 is 0 Å². The molecule has 0 aliphatic carbocycles. The summed E-state index contributed by atoms with van der Waals surface area (Å²) in [6.45, 7) is 6.52. The van der Waals surface area contributed by atoms with Gasteiger partial charge in [0, 0.05) is 13.0 Å². The van der Waals surface area contributed by atoms with Crippen molar-refractivity contribution in [2.45, 2.75) is 65.7 Å². The molecule has 4 nitrogen and oxygen atoms in total. The van der Waals surface area contributed by atoms with E-state index in [0.29, 0.717) is 18.9 Å². The summed E-state index contributed by atoms with van der Waals surface area (Å²) in [6, 6.07) is 0. The summed E-state index contributed by atoms with van der Waals surface area (Å²) in [5.41, 5.74) is 0. The first-order valence-corrected chi connectivity index (χ1v) is 7.47. The molecule has 4 heteroatoms. The molecule has 0 radical (unpaired) electrons. The number of nitrogens with zero attached hydrogens (tertiary/aromatic N) is 1. The maximum Gasteiger partial charge on any atom is 0.323 e. The predicted molar refractivity (Wildman–Crippen MR) is 77.0 cm³/mol. The van der Waals surface area contributed by atoms with Crippen LogP contribution in [0, 0.1) is 5.92 Å². The van der Waals surface area contributed by atoms with Crippen molar-refractivity contribution in [3.8, 4) is 0 Å². The SMILES string of the molecule is CCCCCCCCC(=O)N(CC(=O)O)CC(C)C. The van der Waals surface area contributed by atoms with Gasteiger partial charge in [0.25, 0.3) is 0 Å². The molecular weight excluding hydrogens is 242 g/mol. The highest BCUT2D eigenvalue weighted by atomic mass is 16.4. The average Bonchev–Trinajstić information content (AvgIpc) is 2.31. The van der Waals surface area contributed by atoms with Crippen LogP contribution in [0.2, 0.25) is 0 Å². The van der Waals surface area contributed by atoms with E-state index < -0.39 is 5.97 Å². The second-order valence-corrected chi connectivity index (χ2v) is 5.58. The van der Waals surface area contributed by atoms with Gasteiger partial charge in [-0.05, 0) is 12.3 Å². The normalized spacial score (nSPS) is 10.7. The lowest BCUT2D eigenvalue weighted by Crippen LogP contribution is -2.38. The lowest BCUT2D eigenvalue weighted by molar-refractivity contribution is -0.144. The summed E-state index contributed by atoms with van der Waals surface area (Å²) in [5.74, 6) is -0.656. The summed E-state index contributed by atoms with van der Waals surface area (Å²) in [7, 11) is 0. The van der Waals surface area contributed by atoms with Crippen LogP contribution in [0.15, 0.2) is 0 Å². The zero-order valence-corrected chi connectivity index (χ0v) is 12.7. The van der Waals surface area contributed by atoms with E-state index in [-0.39, 0.29) is 12.5 Å². The second kappa shape index (κ2) is 10.8. The lowest BCUT2D eigenvalue weighted by atomic mass is 10.1. The van der Waals surface area contributed by atoms with Crippen LogP contribution in [-0.4, -0.2) is 35.0 Å². The molecule has 0 aromatic rings. The Morgan fingerprint density at radius 2 is 1.63 bits per heavy atom. The minimum absolute atomic E-state index is 0.0217. The Morgan fingerprint density at radius 1 is 1.05 bits per heavy atom. The van der Waals surface area contributed by atoms with E-state index in [4.69, 9.17) is 5.11 Å².